The van der Waals surface area contributed by atoms with Crippen molar-refractivity contribution in [1.29, 1.82) is 0 Å². The van der Waals surface area contributed by atoms with Gasteiger partial charge < -0.3 is 0 Å². The predicted molar refractivity (Wildman–Crippen MR) is 145 cm³/mol. The quantitative estimate of drug-likeness (QED) is 0.161. The van der Waals surface area contributed by atoms with Crippen LogP contribution in [0, 0.1) is 17.5 Å². The highest BCUT2D eigenvalue weighted by molar-refractivity contribution is 5.70. The Morgan fingerprint density at radius 1 is 0.744 bits per heavy atom. The average molecular weight is 519 g/mol. The van der Waals surface area contributed by atoms with E-state index in [1.807, 2.05) is 77.6 Å². The Bertz CT molecular complexity index is 1780. The third kappa shape index (κ3) is 3.64. The summed E-state index contributed by atoms with van der Waals surface area (Å²) in [6, 6.07) is 28.3. The van der Waals surface area contributed by atoms with E-state index in [-0.39, 0.29) is 29.5 Å². The average Bonchev–Trinajstić information content (AvgIpc) is 3.03. The maximum atomic E-state index is 15.6. The van der Waals surface area contributed by atoms with Crippen molar-refractivity contribution in [2.45, 2.75) is 24.8 Å². The summed E-state index contributed by atoms with van der Waals surface area (Å²) in [6.07, 6.45) is 4.65. The second kappa shape index (κ2) is 9.05. The molecule has 0 saturated carbocycles. The second-order valence-electron chi connectivity index (χ2n) is 10.2. The van der Waals surface area contributed by atoms with Crippen molar-refractivity contribution >= 4 is 5.70 Å². The van der Waals surface area contributed by atoms with Crippen LogP contribution in [0.5, 0.6) is 0 Å². The van der Waals surface area contributed by atoms with Gasteiger partial charge in [-0.1, -0.05) is 48.5 Å². The fourth-order valence-corrected chi connectivity index (χ4v) is 6.39. The second-order valence-corrected chi connectivity index (χ2v) is 10.2. The number of hydrogen-bond donors (Lipinski definition) is 0. The van der Waals surface area contributed by atoms with E-state index in [2.05, 4.69) is 29.3 Å². The Balaban J connectivity index is 1.54. The molecule has 0 amide bonds. The molecule has 2 unspecified atom stereocenters. The third-order valence-electron chi connectivity index (χ3n) is 8.14. The lowest BCUT2D eigenvalue weighted by Crippen LogP contribution is -2.53. The van der Waals surface area contributed by atoms with Gasteiger partial charge in [0.25, 0.3) is 0 Å². The Hall–Kier alpha value is -4.51. The van der Waals surface area contributed by atoms with Crippen molar-refractivity contribution < 1.29 is 22.3 Å². The molecule has 0 N–H and O–H groups in total. The van der Waals surface area contributed by atoms with E-state index in [0.717, 1.165) is 33.6 Å². The first-order chi connectivity index (χ1) is 19.0. The zero-order valence-electron chi connectivity index (χ0n) is 21.1. The van der Waals surface area contributed by atoms with Crippen LogP contribution < -0.4 is 9.13 Å². The minimum Gasteiger partial charge on any atom is -0.206 e. The van der Waals surface area contributed by atoms with Crippen LogP contribution in [0.3, 0.4) is 0 Å². The van der Waals surface area contributed by atoms with E-state index in [0.29, 0.717) is 18.2 Å². The van der Waals surface area contributed by atoms with Crippen LogP contribution >= 0.6 is 0 Å². The standard InChI is InChI=1S/C34H25F3N2/c1-21-34-26(24-11-5-6-12-25(24)30-13-7-8-18-38(30)34)15-16-27-32(28(35)19-29(36)33(27)37)31-17-14-23(20-39(21)31)22-9-3-2-4-10-22/h2-14,17-20,26,34H,1,15-16H2/q+2. The highest BCUT2D eigenvalue weighted by Gasteiger charge is 2.47. The van der Waals surface area contributed by atoms with E-state index >= 15 is 8.78 Å². The van der Waals surface area contributed by atoms with Crippen LogP contribution in [0.2, 0.25) is 0 Å². The van der Waals surface area contributed by atoms with E-state index < -0.39 is 17.5 Å². The van der Waals surface area contributed by atoms with E-state index in [9.17, 15) is 4.39 Å². The smallest absolute Gasteiger partial charge is 0.206 e. The molecule has 5 aromatic rings. The van der Waals surface area contributed by atoms with Gasteiger partial charge in [-0.2, -0.15) is 9.13 Å². The molecule has 190 valence electrons. The Kier molecular flexibility index (Phi) is 5.48. The summed E-state index contributed by atoms with van der Waals surface area (Å²) < 4.78 is 49.7. The molecule has 39 heavy (non-hydrogen) atoms. The van der Waals surface area contributed by atoms with Gasteiger partial charge in [-0.3, -0.25) is 0 Å². The van der Waals surface area contributed by atoms with Crippen LogP contribution in [-0.2, 0) is 6.42 Å². The van der Waals surface area contributed by atoms with Crippen LogP contribution in [0.25, 0.3) is 39.3 Å². The zero-order valence-corrected chi connectivity index (χ0v) is 21.1. The molecule has 0 aliphatic carbocycles. The summed E-state index contributed by atoms with van der Waals surface area (Å²) in [5, 5.41) is 0. The molecule has 5 heteroatoms. The molecular formula is C34H25F3N2+2. The number of nitrogens with zero attached hydrogens (tertiary/aromatic N) is 2. The lowest BCUT2D eigenvalue weighted by Gasteiger charge is -2.29. The first-order valence-electron chi connectivity index (χ1n) is 13.1. The summed E-state index contributed by atoms with van der Waals surface area (Å²) in [4.78, 5) is 0. The highest BCUT2D eigenvalue weighted by atomic mass is 19.2. The lowest BCUT2D eigenvalue weighted by atomic mass is 9.78. The molecule has 2 atom stereocenters. The van der Waals surface area contributed by atoms with Gasteiger partial charge in [0.05, 0.1) is 11.5 Å². The minimum atomic E-state index is -1.17. The minimum absolute atomic E-state index is 0.0588. The third-order valence-corrected chi connectivity index (χ3v) is 8.14. The van der Waals surface area contributed by atoms with Gasteiger partial charge in [0.15, 0.2) is 24.0 Å². The molecule has 7 rings (SSSR count). The van der Waals surface area contributed by atoms with Crippen molar-refractivity contribution in [2.75, 3.05) is 0 Å². The highest BCUT2D eigenvalue weighted by Crippen LogP contribution is 2.45. The van der Waals surface area contributed by atoms with Crippen molar-refractivity contribution in [3.05, 3.63) is 139 Å². The predicted octanol–water partition coefficient (Wildman–Crippen LogP) is 7.44. The molecule has 0 saturated heterocycles. The SMILES string of the molecule is C=C1C2C(CCc3c(F)c(F)cc(F)c3-c3ccc(-c4ccccc4)c[n+]31)c1ccccc1-c1cccc[n+]12. The van der Waals surface area contributed by atoms with Gasteiger partial charge in [0.2, 0.25) is 23.1 Å². The molecule has 2 aliphatic rings. The van der Waals surface area contributed by atoms with Gasteiger partial charge in [0.1, 0.15) is 5.82 Å². The number of halogens is 3. The van der Waals surface area contributed by atoms with Crippen molar-refractivity contribution in [2.24, 2.45) is 0 Å². The number of rotatable bonds is 1. The molecular weight excluding hydrogens is 493 g/mol. The molecule has 0 fully saturated rings. The summed E-state index contributed by atoms with van der Waals surface area (Å²) in [5.74, 6) is -3.04. The summed E-state index contributed by atoms with van der Waals surface area (Å²) in [5.41, 5.74) is 6.50. The summed E-state index contributed by atoms with van der Waals surface area (Å²) in [7, 11) is 0. The number of benzene rings is 3. The number of fused-ring (bicyclic) bond motifs is 9. The zero-order chi connectivity index (χ0) is 26.7. The molecule has 2 aliphatic heterocycles. The molecule has 0 bridgehead atoms. The first-order valence-corrected chi connectivity index (χ1v) is 13.1. The van der Waals surface area contributed by atoms with Crippen LogP contribution in [0.1, 0.15) is 29.5 Å². The van der Waals surface area contributed by atoms with E-state index in [1.54, 1.807) is 6.07 Å². The largest absolute Gasteiger partial charge is 0.249 e. The monoisotopic (exact) mass is 518 g/mol. The molecule has 2 nitrogen and oxygen atoms in total. The maximum Gasteiger partial charge on any atom is 0.249 e. The summed E-state index contributed by atoms with van der Waals surface area (Å²) in [6.45, 7) is 4.58. The fourth-order valence-electron chi connectivity index (χ4n) is 6.39. The molecule has 4 heterocycles. The lowest BCUT2D eigenvalue weighted by molar-refractivity contribution is -0.727. The fraction of sp³-hybridized carbons (Fsp3) is 0.118. The molecule has 0 spiro atoms. The van der Waals surface area contributed by atoms with E-state index in [4.69, 9.17) is 0 Å². The number of pyridine rings is 2. The Labute approximate surface area is 225 Å². The van der Waals surface area contributed by atoms with Gasteiger partial charge in [-0.05, 0) is 48.7 Å². The summed E-state index contributed by atoms with van der Waals surface area (Å²) >= 11 is 0. The Morgan fingerprint density at radius 3 is 2.36 bits per heavy atom. The van der Waals surface area contributed by atoms with Gasteiger partial charge in [0, 0.05) is 41.0 Å². The number of hydrogen-bond acceptors (Lipinski definition) is 0. The van der Waals surface area contributed by atoms with Crippen LogP contribution in [0.4, 0.5) is 13.2 Å². The van der Waals surface area contributed by atoms with Gasteiger partial charge in [-0.25, -0.2) is 13.2 Å². The van der Waals surface area contributed by atoms with Crippen molar-refractivity contribution in [1.82, 2.24) is 0 Å². The van der Waals surface area contributed by atoms with E-state index in [1.165, 1.54) is 0 Å². The molecule has 0 radical (unpaired) electrons. The number of aromatic nitrogens is 2. The van der Waals surface area contributed by atoms with Gasteiger partial charge >= 0.3 is 0 Å². The number of allylic oxidation sites excluding steroid dienone is 1. The van der Waals surface area contributed by atoms with Crippen molar-refractivity contribution in [3.8, 4) is 33.6 Å². The molecule has 2 aromatic heterocycles. The normalized spacial score (nSPS) is 17.5. The first kappa shape index (κ1) is 23.6. The van der Waals surface area contributed by atoms with Crippen LogP contribution in [0.15, 0.2) is 110 Å². The maximum absolute atomic E-state index is 15.6. The van der Waals surface area contributed by atoms with Crippen LogP contribution in [-0.4, -0.2) is 0 Å². The molecule has 3 aromatic carbocycles. The van der Waals surface area contributed by atoms with Crippen molar-refractivity contribution in [3.63, 3.8) is 0 Å². The van der Waals surface area contributed by atoms with Gasteiger partial charge in [-0.15, -0.1) is 0 Å². The topological polar surface area (TPSA) is 7.76 Å². The Morgan fingerprint density at radius 2 is 1.51 bits per heavy atom.